The number of nitrogens with zero attached hydrogens (tertiary/aromatic N) is 4. The lowest BCUT2D eigenvalue weighted by molar-refractivity contribution is 0.0947. The van der Waals surface area contributed by atoms with Gasteiger partial charge in [0.1, 0.15) is 0 Å². The molecule has 1 aromatic heterocycles. The second-order valence-electron chi connectivity index (χ2n) is 5.61. The molecule has 1 aliphatic heterocycles. The third kappa shape index (κ3) is 4.41. The fourth-order valence-electron chi connectivity index (χ4n) is 2.69. The summed E-state index contributed by atoms with van der Waals surface area (Å²) in [5, 5.41) is 3.01. The molecule has 7 heteroatoms. The monoisotopic (exact) mass is 437 g/mol. The molecule has 6 nitrogen and oxygen atoms in total. The molecule has 0 unspecified atom stereocenters. The van der Waals surface area contributed by atoms with Crippen LogP contribution in [0.15, 0.2) is 42.7 Å². The van der Waals surface area contributed by atoms with E-state index in [0.717, 1.165) is 47.8 Å². The Morgan fingerprint density at radius 2 is 1.79 bits per heavy atom. The van der Waals surface area contributed by atoms with Gasteiger partial charge in [-0.15, -0.1) is 0 Å². The molecule has 24 heavy (non-hydrogen) atoms. The van der Waals surface area contributed by atoms with Gasteiger partial charge in [0, 0.05) is 55.2 Å². The number of piperazine rings is 1. The zero-order chi connectivity index (χ0) is 16.8. The summed E-state index contributed by atoms with van der Waals surface area (Å²) in [7, 11) is 0. The first-order valence-corrected chi connectivity index (χ1v) is 9.09. The summed E-state index contributed by atoms with van der Waals surface area (Å²) < 4.78 is 0.976. The normalized spacial score (nSPS) is 15.3. The van der Waals surface area contributed by atoms with Gasteiger partial charge in [0.15, 0.2) is 0 Å². The van der Waals surface area contributed by atoms with E-state index in [1.165, 1.54) is 0 Å². The summed E-state index contributed by atoms with van der Waals surface area (Å²) >= 11 is 2.19. The summed E-state index contributed by atoms with van der Waals surface area (Å²) in [5.41, 5.74) is 0.740. The molecular weight excluding hydrogens is 417 g/mol. The standard InChI is InChI=1S/C17H20IN5O/c18-15-5-2-1-4-14(15)16(24)19-8-9-22-10-12-23(13-11-22)17-20-6-3-7-21-17/h1-7H,8-13H2,(H,19,24). The van der Waals surface area contributed by atoms with Crippen LogP contribution in [0.2, 0.25) is 0 Å². The molecular formula is C17H20IN5O. The molecule has 3 rings (SSSR count). The van der Waals surface area contributed by atoms with Gasteiger partial charge in [-0.2, -0.15) is 0 Å². The Bertz CT molecular complexity index is 674. The van der Waals surface area contributed by atoms with Crippen molar-refractivity contribution in [2.45, 2.75) is 0 Å². The first-order chi connectivity index (χ1) is 11.7. The summed E-state index contributed by atoms with van der Waals surface area (Å²) in [5.74, 6) is 0.792. The number of amides is 1. The van der Waals surface area contributed by atoms with Crippen LogP contribution in [0.4, 0.5) is 5.95 Å². The highest BCUT2D eigenvalue weighted by Gasteiger charge is 2.18. The van der Waals surface area contributed by atoms with E-state index in [2.05, 4.69) is 47.7 Å². The Labute approximate surface area is 155 Å². The highest BCUT2D eigenvalue weighted by Crippen LogP contribution is 2.11. The number of nitrogens with one attached hydrogen (secondary N) is 1. The summed E-state index contributed by atoms with van der Waals surface area (Å²) in [6.45, 7) is 5.25. The molecule has 0 saturated carbocycles. The number of hydrogen-bond acceptors (Lipinski definition) is 5. The SMILES string of the molecule is O=C(NCCN1CCN(c2ncccn2)CC1)c1ccccc1I. The maximum atomic E-state index is 12.2. The Kier molecular flexibility index (Phi) is 5.97. The molecule has 1 aromatic carbocycles. The van der Waals surface area contributed by atoms with Gasteiger partial charge in [0.25, 0.3) is 5.91 Å². The van der Waals surface area contributed by atoms with Gasteiger partial charge in [-0.3, -0.25) is 9.69 Å². The van der Waals surface area contributed by atoms with Gasteiger partial charge < -0.3 is 10.2 Å². The molecule has 1 saturated heterocycles. The number of carbonyl (C=O) groups is 1. The Morgan fingerprint density at radius 1 is 1.08 bits per heavy atom. The smallest absolute Gasteiger partial charge is 0.252 e. The quantitative estimate of drug-likeness (QED) is 0.721. The Balaban J connectivity index is 1.41. The average molecular weight is 437 g/mol. The number of anilines is 1. The Morgan fingerprint density at radius 3 is 2.50 bits per heavy atom. The van der Waals surface area contributed by atoms with Crippen LogP contribution in [0.25, 0.3) is 0 Å². The minimum absolute atomic E-state index is 0.00341. The zero-order valence-electron chi connectivity index (χ0n) is 13.4. The number of carbonyl (C=O) groups excluding carboxylic acids is 1. The number of rotatable bonds is 5. The summed E-state index contributed by atoms with van der Waals surface area (Å²) in [6.07, 6.45) is 3.55. The third-order valence-corrected chi connectivity index (χ3v) is 4.98. The molecule has 2 aromatic rings. The van der Waals surface area contributed by atoms with Crippen molar-refractivity contribution in [2.24, 2.45) is 0 Å². The van der Waals surface area contributed by atoms with E-state index < -0.39 is 0 Å². The molecule has 0 bridgehead atoms. The van der Waals surface area contributed by atoms with E-state index in [0.29, 0.717) is 6.54 Å². The van der Waals surface area contributed by atoms with Crippen LogP contribution >= 0.6 is 22.6 Å². The van der Waals surface area contributed by atoms with Gasteiger partial charge in [0.05, 0.1) is 5.56 Å². The average Bonchev–Trinajstić information content (AvgIpc) is 2.63. The van der Waals surface area contributed by atoms with Crippen molar-refractivity contribution in [2.75, 3.05) is 44.2 Å². The molecule has 0 atom stereocenters. The second kappa shape index (κ2) is 8.39. The topological polar surface area (TPSA) is 61.4 Å². The van der Waals surface area contributed by atoms with Crippen LogP contribution in [0.3, 0.4) is 0 Å². The van der Waals surface area contributed by atoms with Crippen LogP contribution < -0.4 is 10.2 Å². The van der Waals surface area contributed by atoms with E-state index in [1.807, 2.05) is 30.3 Å². The van der Waals surface area contributed by atoms with E-state index in [9.17, 15) is 4.79 Å². The van der Waals surface area contributed by atoms with Gasteiger partial charge in [-0.05, 0) is 40.8 Å². The minimum atomic E-state index is -0.00341. The van der Waals surface area contributed by atoms with Crippen molar-refractivity contribution in [1.29, 1.82) is 0 Å². The van der Waals surface area contributed by atoms with Crippen LogP contribution in [-0.4, -0.2) is 60.0 Å². The molecule has 0 aliphatic carbocycles. The molecule has 1 amide bonds. The van der Waals surface area contributed by atoms with Crippen molar-refractivity contribution in [3.05, 3.63) is 51.9 Å². The van der Waals surface area contributed by atoms with Crippen molar-refractivity contribution >= 4 is 34.4 Å². The zero-order valence-corrected chi connectivity index (χ0v) is 15.5. The maximum absolute atomic E-state index is 12.2. The van der Waals surface area contributed by atoms with Crippen molar-refractivity contribution in [1.82, 2.24) is 20.2 Å². The van der Waals surface area contributed by atoms with E-state index in [4.69, 9.17) is 0 Å². The lowest BCUT2D eigenvalue weighted by atomic mass is 10.2. The van der Waals surface area contributed by atoms with Crippen LogP contribution in [0, 0.1) is 3.57 Å². The van der Waals surface area contributed by atoms with Crippen LogP contribution in [0.1, 0.15) is 10.4 Å². The molecule has 1 fully saturated rings. The lowest BCUT2D eigenvalue weighted by Crippen LogP contribution is -2.49. The van der Waals surface area contributed by atoms with E-state index >= 15 is 0 Å². The van der Waals surface area contributed by atoms with E-state index in [-0.39, 0.29) is 5.91 Å². The summed E-state index contributed by atoms with van der Waals surface area (Å²) in [4.78, 5) is 25.3. The Hall–Kier alpha value is -1.74. The van der Waals surface area contributed by atoms with Crippen molar-refractivity contribution in [3.8, 4) is 0 Å². The van der Waals surface area contributed by atoms with Gasteiger partial charge in [-0.1, -0.05) is 12.1 Å². The van der Waals surface area contributed by atoms with Gasteiger partial charge in [0.2, 0.25) is 5.95 Å². The molecule has 2 heterocycles. The molecule has 1 aliphatic rings. The van der Waals surface area contributed by atoms with Crippen molar-refractivity contribution < 1.29 is 4.79 Å². The second-order valence-corrected chi connectivity index (χ2v) is 6.78. The number of hydrogen-bond donors (Lipinski definition) is 1. The highest BCUT2D eigenvalue weighted by molar-refractivity contribution is 14.1. The molecule has 0 spiro atoms. The van der Waals surface area contributed by atoms with Crippen LogP contribution in [-0.2, 0) is 0 Å². The summed E-state index contributed by atoms with van der Waals surface area (Å²) in [6, 6.07) is 9.46. The predicted molar refractivity (Wildman–Crippen MR) is 102 cm³/mol. The number of aromatic nitrogens is 2. The maximum Gasteiger partial charge on any atom is 0.252 e. The van der Waals surface area contributed by atoms with Gasteiger partial charge in [-0.25, -0.2) is 9.97 Å². The first-order valence-electron chi connectivity index (χ1n) is 8.01. The molecule has 1 N–H and O–H groups in total. The molecule has 126 valence electrons. The van der Waals surface area contributed by atoms with Crippen molar-refractivity contribution in [3.63, 3.8) is 0 Å². The first kappa shape index (κ1) is 17.1. The van der Waals surface area contributed by atoms with Gasteiger partial charge >= 0.3 is 0 Å². The predicted octanol–water partition coefficient (Wildman–Crippen LogP) is 1.63. The minimum Gasteiger partial charge on any atom is -0.351 e. The number of halogens is 1. The fraction of sp³-hybridized carbons (Fsp3) is 0.353. The fourth-order valence-corrected chi connectivity index (χ4v) is 3.33. The third-order valence-electron chi connectivity index (χ3n) is 4.04. The van der Waals surface area contributed by atoms with Crippen LogP contribution in [0.5, 0.6) is 0 Å². The number of benzene rings is 1. The largest absolute Gasteiger partial charge is 0.351 e. The highest BCUT2D eigenvalue weighted by atomic mass is 127. The van der Waals surface area contributed by atoms with E-state index in [1.54, 1.807) is 12.4 Å². The lowest BCUT2D eigenvalue weighted by Gasteiger charge is -2.34. The molecule has 0 radical (unpaired) electrons.